The molecule has 11 heteroatoms. The molecule has 0 unspecified atom stereocenters. The molecule has 0 radical (unpaired) electrons. The average molecular weight is 572 g/mol. The number of hydrogen-bond donors (Lipinski definition) is 3. The molecule has 0 saturated carbocycles. The minimum Gasteiger partial charge on any atom is -0.356 e. The topological polar surface area (TPSA) is 117 Å². The molecule has 1 aromatic carbocycles. The fourth-order valence-corrected chi connectivity index (χ4v) is 3.39. The maximum absolute atomic E-state index is 11.8. The molecule has 0 aliphatic carbocycles. The summed E-state index contributed by atoms with van der Waals surface area (Å²) in [4.78, 5) is 17.9. The third kappa shape index (κ3) is 12.6. The van der Waals surface area contributed by atoms with Crippen LogP contribution in [0.5, 0.6) is 0 Å². The van der Waals surface area contributed by atoms with Crippen molar-refractivity contribution in [3.05, 3.63) is 29.8 Å². The fraction of sp³-hybridized carbons (Fsp3) is 0.579. The maximum Gasteiger partial charge on any atom is 0.241 e. The van der Waals surface area contributed by atoms with Crippen molar-refractivity contribution in [2.75, 3.05) is 39.2 Å². The molecule has 4 N–H and O–H groups in total. The van der Waals surface area contributed by atoms with Crippen LogP contribution in [0.2, 0.25) is 0 Å². The van der Waals surface area contributed by atoms with Gasteiger partial charge in [0.15, 0.2) is 5.96 Å². The van der Waals surface area contributed by atoms with Crippen LogP contribution in [0.15, 0.2) is 34.2 Å². The number of carbonyl (C=O) groups excluding carboxylic acids is 1. The van der Waals surface area contributed by atoms with E-state index < -0.39 is 10.0 Å². The first kappa shape index (κ1) is 28.9. The molecule has 30 heavy (non-hydrogen) atoms. The van der Waals surface area contributed by atoms with Crippen molar-refractivity contribution >= 4 is 57.6 Å². The monoisotopic (exact) mass is 571 g/mol. The van der Waals surface area contributed by atoms with Gasteiger partial charge in [0.25, 0.3) is 0 Å². The lowest BCUT2D eigenvalue weighted by atomic mass is 10.2. The molecule has 8 nitrogen and oxygen atoms in total. The molecule has 0 saturated heterocycles. The molecule has 0 spiro atoms. The van der Waals surface area contributed by atoms with Crippen molar-refractivity contribution < 1.29 is 13.2 Å². The van der Waals surface area contributed by atoms with Gasteiger partial charge in [-0.25, -0.2) is 18.5 Å². The Labute approximate surface area is 201 Å². The number of guanidine groups is 1. The van der Waals surface area contributed by atoms with Gasteiger partial charge in [-0.1, -0.05) is 25.0 Å². The second-order valence-electron chi connectivity index (χ2n) is 6.83. The van der Waals surface area contributed by atoms with Gasteiger partial charge in [0.2, 0.25) is 15.9 Å². The Morgan fingerprint density at radius 1 is 1.10 bits per heavy atom. The van der Waals surface area contributed by atoms with Crippen LogP contribution in [-0.4, -0.2) is 64.4 Å². The Bertz CT molecular complexity index is 756. The minimum absolute atomic E-state index is 0. The lowest BCUT2D eigenvalue weighted by Crippen LogP contribution is -2.43. The first-order valence-corrected chi connectivity index (χ1v) is 12.5. The molecule has 0 fully saturated rings. The van der Waals surface area contributed by atoms with Crippen molar-refractivity contribution in [3.8, 4) is 0 Å². The van der Waals surface area contributed by atoms with E-state index in [1.54, 1.807) is 26.2 Å². The molecule has 0 aromatic heterocycles. The quantitative estimate of drug-likeness (QED) is 0.153. The van der Waals surface area contributed by atoms with Gasteiger partial charge >= 0.3 is 0 Å². The van der Waals surface area contributed by atoms with Crippen LogP contribution in [0, 0.1) is 0 Å². The van der Waals surface area contributed by atoms with E-state index in [1.807, 2.05) is 11.8 Å². The Hall–Kier alpha value is -1.05. The number of benzene rings is 1. The molecule has 1 rings (SSSR count). The summed E-state index contributed by atoms with van der Waals surface area (Å²) in [5.41, 5.74) is 0.842. The predicted molar refractivity (Wildman–Crippen MR) is 136 cm³/mol. The summed E-state index contributed by atoms with van der Waals surface area (Å²) < 4.78 is 22.7. The number of hydrogen-bond acceptors (Lipinski definition) is 5. The van der Waals surface area contributed by atoms with Crippen LogP contribution < -0.4 is 15.8 Å². The number of unbranched alkanes of at least 4 members (excludes halogenated alkanes) is 3. The Kier molecular flexibility index (Phi) is 15.2. The summed E-state index contributed by atoms with van der Waals surface area (Å²) in [7, 11) is -0.296. The smallest absolute Gasteiger partial charge is 0.241 e. The Morgan fingerprint density at radius 3 is 2.30 bits per heavy atom. The summed E-state index contributed by atoms with van der Waals surface area (Å²) in [5.74, 6) is 1.70. The molecular weight excluding hydrogens is 537 g/mol. The zero-order valence-corrected chi connectivity index (χ0v) is 21.9. The number of sulfonamides is 1. The largest absolute Gasteiger partial charge is 0.356 e. The normalized spacial score (nSPS) is 11.5. The molecule has 0 heterocycles. The number of amides is 1. The van der Waals surface area contributed by atoms with Gasteiger partial charge in [0.05, 0.1) is 18.0 Å². The van der Waals surface area contributed by atoms with Gasteiger partial charge in [0, 0.05) is 20.6 Å². The van der Waals surface area contributed by atoms with Crippen LogP contribution in [-0.2, 0) is 21.4 Å². The summed E-state index contributed by atoms with van der Waals surface area (Å²) in [6, 6.07) is 6.28. The predicted octanol–water partition coefficient (Wildman–Crippen LogP) is 2.00. The van der Waals surface area contributed by atoms with Crippen molar-refractivity contribution in [1.29, 1.82) is 0 Å². The summed E-state index contributed by atoms with van der Waals surface area (Å²) in [6.07, 6.45) is 6.73. The third-order valence-corrected chi connectivity index (χ3v) is 5.77. The molecule has 1 amide bonds. The number of nitrogens with zero attached hydrogens (tertiary/aromatic N) is 2. The second-order valence-corrected chi connectivity index (χ2v) is 9.38. The van der Waals surface area contributed by atoms with Crippen LogP contribution in [0.25, 0.3) is 0 Å². The SMILES string of the molecule is CSCCCCCCNC(=NCc1ccc(S(N)(=O)=O)cc1)NCC(=O)N(C)C.I. The standard InChI is InChI=1S/C19H33N5O3S2.HI/c1-24(2)18(25)15-23-19(21-12-6-4-5-7-13-28-3)22-14-16-8-10-17(11-9-16)29(20,26)27;/h8-11H,4-7,12-15H2,1-3H3,(H2,20,26,27)(H2,21,22,23);1H. The van der Waals surface area contributed by atoms with Gasteiger partial charge < -0.3 is 15.5 Å². The second kappa shape index (κ2) is 15.7. The molecule has 172 valence electrons. The molecule has 0 aliphatic rings. The van der Waals surface area contributed by atoms with E-state index >= 15 is 0 Å². The highest BCUT2D eigenvalue weighted by molar-refractivity contribution is 14.0. The zero-order valence-electron chi connectivity index (χ0n) is 17.9. The lowest BCUT2D eigenvalue weighted by Gasteiger charge is -2.15. The first-order chi connectivity index (χ1) is 13.7. The zero-order chi connectivity index (χ0) is 21.7. The van der Waals surface area contributed by atoms with Gasteiger partial charge in [-0.2, -0.15) is 11.8 Å². The highest BCUT2D eigenvalue weighted by atomic mass is 127. The molecule has 0 aliphatic heterocycles. The summed E-state index contributed by atoms with van der Waals surface area (Å²) in [5, 5.41) is 11.4. The van der Waals surface area contributed by atoms with Gasteiger partial charge in [0.1, 0.15) is 0 Å². The molecular formula is C19H34IN5O3S2. The number of aliphatic imine (C=N–C) groups is 1. The third-order valence-electron chi connectivity index (χ3n) is 4.15. The van der Waals surface area contributed by atoms with Gasteiger partial charge in [-0.15, -0.1) is 24.0 Å². The van der Waals surface area contributed by atoms with E-state index in [0.29, 0.717) is 12.5 Å². The van der Waals surface area contributed by atoms with Crippen molar-refractivity contribution in [3.63, 3.8) is 0 Å². The van der Waals surface area contributed by atoms with Gasteiger partial charge in [-0.3, -0.25) is 4.79 Å². The van der Waals surface area contributed by atoms with Crippen molar-refractivity contribution in [2.45, 2.75) is 37.1 Å². The van der Waals surface area contributed by atoms with Crippen molar-refractivity contribution in [2.24, 2.45) is 10.1 Å². The Morgan fingerprint density at radius 2 is 1.73 bits per heavy atom. The number of thioether (sulfide) groups is 1. The molecule has 1 aromatic rings. The van der Waals surface area contributed by atoms with E-state index in [2.05, 4.69) is 21.9 Å². The highest BCUT2D eigenvalue weighted by Crippen LogP contribution is 2.09. The average Bonchev–Trinajstić information content (AvgIpc) is 2.68. The molecule has 0 bridgehead atoms. The fourth-order valence-electron chi connectivity index (χ4n) is 2.38. The van der Waals surface area contributed by atoms with E-state index in [1.165, 1.54) is 35.6 Å². The number of halogens is 1. The van der Waals surface area contributed by atoms with E-state index in [0.717, 1.165) is 24.9 Å². The number of rotatable bonds is 12. The number of primary sulfonamides is 1. The number of likely N-dealkylation sites (N-methyl/N-ethyl adjacent to an activating group) is 1. The minimum atomic E-state index is -3.70. The van der Waals surface area contributed by atoms with E-state index in [-0.39, 0.29) is 41.3 Å². The van der Waals surface area contributed by atoms with E-state index in [4.69, 9.17) is 5.14 Å². The Balaban J connectivity index is 0.00000841. The summed E-state index contributed by atoms with van der Waals surface area (Å²) in [6.45, 7) is 1.27. The van der Waals surface area contributed by atoms with Gasteiger partial charge in [-0.05, 0) is 42.5 Å². The number of nitrogens with one attached hydrogen (secondary N) is 2. The van der Waals surface area contributed by atoms with Crippen LogP contribution in [0.4, 0.5) is 0 Å². The van der Waals surface area contributed by atoms with E-state index in [9.17, 15) is 13.2 Å². The maximum atomic E-state index is 11.8. The highest BCUT2D eigenvalue weighted by Gasteiger charge is 2.08. The van der Waals surface area contributed by atoms with Crippen LogP contribution >= 0.6 is 35.7 Å². The summed E-state index contributed by atoms with van der Waals surface area (Å²) >= 11 is 1.87. The van der Waals surface area contributed by atoms with Crippen LogP contribution in [0.3, 0.4) is 0 Å². The first-order valence-electron chi connectivity index (χ1n) is 9.57. The number of carbonyl (C=O) groups is 1. The molecule has 0 atom stereocenters. The van der Waals surface area contributed by atoms with Crippen LogP contribution in [0.1, 0.15) is 31.2 Å². The number of nitrogens with two attached hydrogens (primary N) is 1. The lowest BCUT2D eigenvalue weighted by molar-refractivity contribution is -0.127. The van der Waals surface area contributed by atoms with Crippen molar-refractivity contribution in [1.82, 2.24) is 15.5 Å².